The molecule has 0 radical (unpaired) electrons. The minimum Gasteiger partial charge on any atom is -0.291 e. The molecular formula is C9H16O2. The van der Waals surface area contributed by atoms with Gasteiger partial charge in [0.1, 0.15) is 0 Å². The summed E-state index contributed by atoms with van der Waals surface area (Å²) in [6.07, 6.45) is 1.04. The molecule has 0 aliphatic carbocycles. The Hall–Kier alpha value is -0.660. The van der Waals surface area contributed by atoms with Gasteiger partial charge in [0, 0.05) is 11.8 Å². The molecule has 0 aromatic carbocycles. The molecule has 0 saturated heterocycles. The van der Waals surface area contributed by atoms with Crippen LogP contribution in [0, 0.1) is 5.41 Å². The summed E-state index contributed by atoms with van der Waals surface area (Å²) in [5.41, 5.74) is -0.465. The van der Waals surface area contributed by atoms with Gasteiger partial charge in [-0.05, 0) is 6.42 Å². The molecule has 0 saturated carbocycles. The van der Waals surface area contributed by atoms with Crippen molar-refractivity contribution in [1.82, 2.24) is 0 Å². The third kappa shape index (κ3) is 2.45. The highest BCUT2D eigenvalue weighted by Gasteiger charge is 2.29. The molecule has 2 nitrogen and oxygen atoms in total. The molecule has 0 atom stereocenters. The van der Waals surface area contributed by atoms with Crippen LogP contribution in [-0.4, -0.2) is 11.6 Å². The van der Waals surface area contributed by atoms with Crippen molar-refractivity contribution in [3.63, 3.8) is 0 Å². The summed E-state index contributed by atoms with van der Waals surface area (Å²) in [4.78, 5) is 22.2. The van der Waals surface area contributed by atoms with Crippen LogP contribution >= 0.6 is 0 Å². The lowest BCUT2D eigenvalue weighted by Gasteiger charge is -2.18. The van der Waals surface area contributed by atoms with E-state index in [0.29, 0.717) is 6.42 Å². The second-order valence-electron chi connectivity index (χ2n) is 3.34. The number of ketones is 2. The molecule has 0 bridgehead atoms. The zero-order valence-corrected chi connectivity index (χ0v) is 7.73. The van der Waals surface area contributed by atoms with Crippen molar-refractivity contribution in [2.24, 2.45) is 5.41 Å². The minimum atomic E-state index is -0.465. The topological polar surface area (TPSA) is 34.1 Å². The fourth-order valence-corrected chi connectivity index (χ4v) is 0.699. The third-order valence-electron chi connectivity index (χ3n) is 2.07. The van der Waals surface area contributed by atoms with Crippen LogP contribution in [0.15, 0.2) is 0 Å². The maximum atomic E-state index is 11.3. The van der Waals surface area contributed by atoms with Crippen molar-refractivity contribution in [3.8, 4) is 0 Å². The van der Waals surface area contributed by atoms with Gasteiger partial charge >= 0.3 is 0 Å². The molecule has 0 heterocycles. The van der Waals surface area contributed by atoms with E-state index in [0.717, 1.165) is 6.42 Å². The second kappa shape index (κ2) is 3.65. The van der Waals surface area contributed by atoms with Crippen molar-refractivity contribution in [2.75, 3.05) is 0 Å². The highest BCUT2D eigenvalue weighted by atomic mass is 16.2. The first kappa shape index (κ1) is 10.3. The van der Waals surface area contributed by atoms with E-state index in [1.54, 1.807) is 6.92 Å². The quantitative estimate of drug-likeness (QED) is 0.583. The highest BCUT2D eigenvalue weighted by molar-refractivity contribution is 6.38. The largest absolute Gasteiger partial charge is 0.291 e. The van der Waals surface area contributed by atoms with Crippen LogP contribution in [0.3, 0.4) is 0 Å². The van der Waals surface area contributed by atoms with Gasteiger partial charge in [-0.15, -0.1) is 0 Å². The van der Waals surface area contributed by atoms with E-state index in [1.807, 2.05) is 20.8 Å². The predicted molar refractivity (Wildman–Crippen MR) is 44.4 cm³/mol. The summed E-state index contributed by atoms with van der Waals surface area (Å²) < 4.78 is 0. The fourth-order valence-electron chi connectivity index (χ4n) is 0.699. The van der Waals surface area contributed by atoms with Crippen LogP contribution in [0.25, 0.3) is 0 Å². The fraction of sp³-hybridized carbons (Fsp3) is 0.778. The molecule has 0 unspecified atom stereocenters. The van der Waals surface area contributed by atoms with Crippen molar-refractivity contribution in [3.05, 3.63) is 0 Å². The molecule has 0 aliphatic heterocycles. The van der Waals surface area contributed by atoms with Crippen LogP contribution in [0.4, 0.5) is 0 Å². The molecule has 0 rings (SSSR count). The van der Waals surface area contributed by atoms with E-state index in [-0.39, 0.29) is 11.6 Å². The van der Waals surface area contributed by atoms with Gasteiger partial charge in [-0.3, -0.25) is 9.59 Å². The molecule has 0 fully saturated rings. The average molecular weight is 156 g/mol. The van der Waals surface area contributed by atoms with Crippen molar-refractivity contribution < 1.29 is 9.59 Å². The number of rotatable bonds is 4. The van der Waals surface area contributed by atoms with Crippen LogP contribution in [0.1, 0.15) is 40.5 Å². The van der Waals surface area contributed by atoms with Crippen LogP contribution in [0.2, 0.25) is 0 Å². The molecule has 0 aliphatic rings. The Bertz CT molecular complexity index is 168. The molecule has 0 spiro atoms. The minimum absolute atomic E-state index is 0.234. The monoisotopic (exact) mass is 156 g/mol. The van der Waals surface area contributed by atoms with Crippen LogP contribution in [-0.2, 0) is 9.59 Å². The van der Waals surface area contributed by atoms with E-state index in [2.05, 4.69) is 0 Å². The van der Waals surface area contributed by atoms with Gasteiger partial charge in [0.15, 0.2) is 5.78 Å². The SMILES string of the molecule is CCC(=O)C(=O)C(C)(C)CC. The van der Waals surface area contributed by atoms with Gasteiger partial charge in [0.05, 0.1) is 0 Å². The summed E-state index contributed by atoms with van der Waals surface area (Å²) >= 11 is 0. The molecule has 0 aromatic heterocycles. The Kier molecular flexibility index (Phi) is 3.43. The van der Waals surface area contributed by atoms with E-state index in [9.17, 15) is 9.59 Å². The lowest BCUT2D eigenvalue weighted by atomic mass is 9.83. The number of Topliss-reactive ketones (excluding diaryl/α,β-unsaturated/α-hetero) is 2. The van der Waals surface area contributed by atoms with Gasteiger partial charge < -0.3 is 0 Å². The van der Waals surface area contributed by atoms with Crippen molar-refractivity contribution in [1.29, 1.82) is 0 Å². The normalized spacial score (nSPS) is 11.3. The summed E-state index contributed by atoms with van der Waals surface area (Å²) in [5, 5.41) is 0. The summed E-state index contributed by atoms with van der Waals surface area (Å²) in [7, 11) is 0. The first-order chi connectivity index (χ1) is 4.95. The van der Waals surface area contributed by atoms with Crippen molar-refractivity contribution in [2.45, 2.75) is 40.5 Å². The zero-order chi connectivity index (χ0) is 9.07. The summed E-state index contributed by atoms with van der Waals surface area (Å²) in [6, 6.07) is 0. The molecule has 0 N–H and O–H groups in total. The smallest absolute Gasteiger partial charge is 0.203 e. The number of hydrogen-bond acceptors (Lipinski definition) is 2. The summed E-state index contributed by atoms with van der Waals surface area (Å²) in [5.74, 6) is -0.487. The summed E-state index contributed by atoms with van der Waals surface area (Å²) in [6.45, 7) is 7.25. The molecule has 2 heteroatoms. The van der Waals surface area contributed by atoms with Gasteiger partial charge in [-0.1, -0.05) is 27.7 Å². The van der Waals surface area contributed by atoms with Gasteiger partial charge in [-0.25, -0.2) is 0 Å². The van der Waals surface area contributed by atoms with Crippen molar-refractivity contribution >= 4 is 11.6 Å². The lowest BCUT2D eigenvalue weighted by molar-refractivity contribution is -0.141. The van der Waals surface area contributed by atoms with E-state index in [4.69, 9.17) is 0 Å². The van der Waals surface area contributed by atoms with E-state index in [1.165, 1.54) is 0 Å². The van der Waals surface area contributed by atoms with Gasteiger partial charge in [0.25, 0.3) is 0 Å². The maximum absolute atomic E-state index is 11.3. The first-order valence-electron chi connectivity index (χ1n) is 4.03. The van der Waals surface area contributed by atoms with Gasteiger partial charge in [0.2, 0.25) is 5.78 Å². The Morgan fingerprint density at radius 1 is 1.18 bits per heavy atom. The molecule has 0 aromatic rings. The number of hydrogen-bond donors (Lipinski definition) is 0. The Morgan fingerprint density at radius 2 is 1.64 bits per heavy atom. The number of carbonyl (C=O) groups excluding carboxylic acids is 2. The maximum Gasteiger partial charge on any atom is 0.203 e. The lowest BCUT2D eigenvalue weighted by Crippen LogP contribution is -2.30. The van der Waals surface area contributed by atoms with Crippen LogP contribution < -0.4 is 0 Å². The molecular weight excluding hydrogens is 140 g/mol. The first-order valence-corrected chi connectivity index (χ1v) is 4.03. The Labute approximate surface area is 68.0 Å². The van der Waals surface area contributed by atoms with Gasteiger partial charge in [-0.2, -0.15) is 0 Å². The van der Waals surface area contributed by atoms with Crippen LogP contribution in [0.5, 0.6) is 0 Å². The third-order valence-corrected chi connectivity index (χ3v) is 2.07. The second-order valence-corrected chi connectivity index (χ2v) is 3.34. The number of carbonyl (C=O) groups is 2. The van der Waals surface area contributed by atoms with E-state index < -0.39 is 5.41 Å². The molecule has 0 amide bonds. The Balaban J connectivity index is 4.36. The molecule has 64 valence electrons. The Morgan fingerprint density at radius 3 is 1.91 bits per heavy atom. The standard InChI is InChI=1S/C9H16O2/c1-5-7(10)8(11)9(3,4)6-2/h5-6H2,1-4H3. The zero-order valence-electron chi connectivity index (χ0n) is 7.73. The molecule has 11 heavy (non-hydrogen) atoms. The predicted octanol–water partition coefficient (Wildman–Crippen LogP) is 1.97. The highest BCUT2D eigenvalue weighted by Crippen LogP contribution is 2.21. The van der Waals surface area contributed by atoms with E-state index >= 15 is 0 Å². The average Bonchev–Trinajstić information content (AvgIpc) is 2.01.